The predicted molar refractivity (Wildman–Crippen MR) is 155 cm³/mol. The molecule has 10 heteroatoms. The molecule has 5 rings (SSSR count). The summed E-state index contributed by atoms with van der Waals surface area (Å²) in [5, 5.41) is 6.77. The minimum atomic E-state index is -0.719. The van der Waals surface area contributed by atoms with E-state index in [-0.39, 0.29) is 12.1 Å². The van der Waals surface area contributed by atoms with Gasteiger partial charge in [-0.25, -0.2) is 23.1 Å². The number of fused-ring (bicyclic) bond motifs is 1. The van der Waals surface area contributed by atoms with E-state index in [2.05, 4.69) is 15.6 Å². The number of imidazole rings is 1. The molecule has 1 aromatic carbocycles. The average molecular weight is 553 g/mol. The summed E-state index contributed by atoms with van der Waals surface area (Å²) in [6.45, 7) is 5.33. The molecule has 0 amide bonds. The molecule has 3 heterocycles. The van der Waals surface area contributed by atoms with Crippen molar-refractivity contribution in [2.75, 3.05) is 25.5 Å². The highest BCUT2D eigenvalue weighted by Crippen LogP contribution is 2.23. The number of rotatable bonds is 7. The quantitative estimate of drug-likeness (QED) is 0.396. The van der Waals surface area contributed by atoms with E-state index in [0.717, 1.165) is 31.6 Å². The second-order valence-electron chi connectivity index (χ2n) is 9.56. The molecule has 1 unspecified atom stereocenters. The third-order valence-corrected chi connectivity index (χ3v) is 7.00. The third kappa shape index (κ3) is 6.67. The van der Waals surface area contributed by atoms with Gasteiger partial charge in [0.05, 0.1) is 31.3 Å². The lowest BCUT2D eigenvalue weighted by Crippen LogP contribution is -2.39. The zero-order valence-corrected chi connectivity index (χ0v) is 23.4. The van der Waals surface area contributed by atoms with Gasteiger partial charge in [0.1, 0.15) is 17.2 Å². The molecule has 1 fully saturated rings. The van der Waals surface area contributed by atoms with Crippen molar-refractivity contribution in [2.45, 2.75) is 65.0 Å². The molecule has 0 saturated carbocycles. The average Bonchev–Trinajstić information content (AvgIpc) is 3.31. The Morgan fingerprint density at radius 1 is 1.18 bits per heavy atom. The SMILES string of the molecule is CC.CO/C1=C/C(n2c(=O)n(Cc3c(F)cccc3F)c3cnc(NCC4CCCCN4)nc32)=C\C=C/CCC1. The number of nitrogens with zero attached hydrogens (tertiary/aromatic N) is 4. The Hall–Kier alpha value is -3.79. The van der Waals surface area contributed by atoms with Crippen LogP contribution in [0.1, 0.15) is 57.9 Å². The number of ether oxygens (including phenoxy) is 1. The molecule has 0 radical (unpaired) electrons. The van der Waals surface area contributed by atoms with Crippen LogP contribution >= 0.6 is 0 Å². The van der Waals surface area contributed by atoms with Gasteiger partial charge < -0.3 is 15.4 Å². The number of hydrogen-bond acceptors (Lipinski definition) is 6. The van der Waals surface area contributed by atoms with Gasteiger partial charge >= 0.3 is 5.69 Å². The molecule has 2 aliphatic rings. The maximum Gasteiger partial charge on any atom is 0.335 e. The van der Waals surface area contributed by atoms with E-state index in [1.165, 1.54) is 46.4 Å². The van der Waals surface area contributed by atoms with Gasteiger partial charge in [0.25, 0.3) is 0 Å². The Kier molecular flexibility index (Phi) is 10.2. The second kappa shape index (κ2) is 14.0. The molecule has 1 atom stereocenters. The number of methoxy groups -OCH3 is 1. The molecule has 1 aliphatic heterocycles. The van der Waals surface area contributed by atoms with Gasteiger partial charge in [-0.2, -0.15) is 4.98 Å². The van der Waals surface area contributed by atoms with E-state index in [9.17, 15) is 13.6 Å². The third-order valence-electron chi connectivity index (χ3n) is 7.00. The van der Waals surface area contributed by atoms with Gasteiger partial charge in [-0.15, -0.1) is 0 Å². The van der Waals surface area contributed by atoms with Crippen LogP contribution in [0.15, 0.2) is 59.3 Å². The number of hydrogen-bond donors (Lipinski definition) is 2. The number of nitrogens with one attached hydrogen (secondary N) is 2. The van der Waals surface area contributed by atoms with Crippen LogP contribution in [0.5, 0.6) is 0 Å². The number of allylic oxidation sites excluding steroid dienone is 6. The monoisotopic (exact) mass is 552 g/mol. The first kappa shape index (κ1) is 29.2. The molecule has 2 N–H and O–H groups in total. The number of halogens is 2. The molecule has 0 spiro atoms. The zero-order chi connectivity index (χ0) is 28.5. The molecule has 0 bridgehead atoms. The number of piperidine rings is 1. The Labute approximate surface area is 233 Å². The normalized spacial score (nSPS) is 21.0. The number of aromatic nitrogens is 4. The largest absolute Gasteiger partial charge is 0.501 e. The molecule has 214 valence electrons. The smallest absolute Gasteiger partial charge is 0.335 e. The summed E-state index contributed by atoms with van der Waals surface area (Å²) in [6, 6.07) is 3.97. The van der Waals surface area contributed by atoms with Crippen LogP contribution in [0.2, 0.25) is 0 Å². The van der Waals surface area contributed by atoms with Gasteiger partial charge in [-0.1, -0.05) is 38.5 Å². The van der Waals surface area contributed by atoms with Crippen molar-refractivity contribution < 1.29 is 13.5 Å². The predicted octanol–water partition coefficient (Wildman–Crippen LogP) is 5.61. The van der Waals surface area contributed by atoms with Gasteiger partial charge in [0.2, 0.25) is 5.95 Å². The van der Waals surface area contributed by atoms with E-state index >= 15 is 0 Å². The highest BCUT2D eigenvalue weighted by molar-refractivity contribution is 5.79. The lowest BCUT2D eigenvalue weighted by Gasteiger charge is -2.23. The highest BCUT2D eigenvalue weighted by Gasteiger charge is 2.21. The first-order valence-electron chi connectivity index (χ1n) is 14.1. The summed E-state index contributed by atoms with van der Waals surface area (Å²) in [5.41, 5.74) is 0.577. The minimum Gasteiger partial charge on any atom is -0.501 e. The number of benzene rings is 1. The fourth-order valence-corrected chi connectivity index (χ4v) is 4.90. The van der Waals surface area contributed by atoms with E-state index < -0.39 is 17.3 Å². The van der Waals surface area contributed by atoms with E-state index in [0.29, 0.717) is 41.8 Å². The molecule has 3 aromatic rings. The molecule has 2 aromatic heterocycles. The first-order chi connectivity index (χ1) is 19.5. The minimum absolute atomic E-state index is 0.198. The highest BCUT2D eigenvalue weighted by atomic mass is 19.1. The summed E-state index contributed by atoms with van der Waals surface area (Å²) >= 11 is 0. The fraction of sp³-hybridized carbons (Fsp3) is 0.433. The van der Waals surface area contributed by atoms with E-state index in [1.54, 1.807) is 7.11 Å². The summed E-state index contributed by atoms with van der Waals surface area (Å²) in [4.78, 5) is 23.0. The maximum atomic E-state index is 14.6. The topological polar surface area (TPSA) is 86.0 Å². The maximum absolute atomic E-state index is 14.6. The van der Waals surface area contributed by atoms with E-state index in [4.69, 9.17) is 9.72 Å². The van der Waals surface area contributed by atoms with Crippen LogP contribution in [0.25, 0.3) is 16.9 Å². The molecule has 1 aliphatic carbocycles. The van der Waals surface area contributed by atoms with Gasteiger partial charge in [-0.05, 0) is 50.4 Å². The van der Waals surface area contributed by atoms with Crippen LogP contribution in [-0.4, -0.2) is 45.3 Å². The van der Waals surface area contributed by atoms with Gasteiger partial charge in [0.15, 0.2) is 5.65 Å². The van der Waals surface area contributed by atoms with E-state index in [1.807, 2.05) is 38.2 Å². The van der Waals surface area contributed by atoms with Crippen molar-refractivity contribution in [3.8, 4) is 0 Å². The van der Waals surface area contributed by atoms with Crippen LogP contribution in [0.3, 0.4) is 0 Å². The van der Waals surface area contributed by atoms with Crippen LogP contribution < -0.4 is 16.3 Å². The van der Waals surface area contributed by atoms with Crippen molar-refractivity contribution in [1.82, 2.24) is 24.4 Å². The lowest BCUT2D eigenvalue weighted by atomic mass is 10.1. The van der Waals surface area contributed by atoms with Crippen LogP contribution in [0.4, 0.5) is 14.7 Å². The van der Waals surface area contributed by atoms with Crippen molar-refractivity contribution in [1.29, 1.82) is 0 Å². The van der Waals surface area contributed by atoms with Gasteiger partial charge in [-0.3, -0.25) is 4.57 Å². The van der Waals surface area contributed by atoms with Crippen molar-refractivity contribution in [3.05, 3.63) is 82.1 Å². The van der Waals surface area contributed by atoms with Crippen molar-refractivity contribution >= 4 is 22.8 Å². The fourth-order valence-electron chi connectivity index (χ4n) is 4.90. The standard InChI is InChI=1S/C28H32F2N6O2.C2H6/c1-38-21-11-5-3-2-4-10-20(15-21)36-26-25(17-33-27(34-26)32-16-19-9-6-7-14-31-19)35(28(36)37)18-22-23(29)12-8-13-24(22)30;1-2/h2,4,8,10,12-13,15,17,19,31H,3,5-7,9,11,14,16,18H2,1H3,(H,32,33,34);1-2H3/b4-2-,20-10+,21-15+;. The lowest BCUT2D eigenvalue weighted by molar-refractivity contribution is 0.275. The number of anilines is 1. The van der Waals surface area contributed by atoms with Gasteiger partial charge in [0, 0.05) is 30.6 Å². The zero-order valence-electron chi connectivity index (χ0n) is 23.4. The summed E-state index contributed by atoms with van der Waals surface area (Å²) in [5.74, 6) is -0.335. The summed E-state index contributed by atoms with van der Waals surface area (Å²) in [6.07, 6.45) is 15.0. The van der Waals surface area contributed by atoms with Crippen LogP contribution in [-0.2, 0) is 11.3 Å². The second-order valence-corrected chi connectivity index (χ2v) is 9.56. The van der Waals surface area contributed by atoms with Crippen molar-refractivity contribution in [2.24, 2.45) is 0 Å². The Bertz CT molecular complexity index is 1430. The Balaban J connectivity index is 0.00000181. The van der Waals surface area contributed by atoms with Crippen molar-refractivity contribution in [3.63, 3.8) is 0 Å². The first-order valence-corrected chi connectivity index (χ1v) is 14.1. The molecule has 40 heavy (non-hydrogen) atoms. The summed E-state index contributed by atoms with van der Waals surface area (Å²) in [7, 11) is 1.60. The summed E-state index contributed by atoms with van der Waals surface area (Å²) < 4.78 is 37.4. The van der Waals surface area contributed by atoms with Crippen LogP contribution in [0, 0.1) is 11.6 Å². The molecular formula is C30H38F2N6O2. The molecule has 1 saturated heterocycles. The molecular weight excluding hydrogens is 514 g/mol. The Morgan fingerprint density at radius 2 is 1.98 bits per heavy atom. The Morgan fingerprint density at radius 3 is 2.70 bits per heavy atom. The molecule has 8 nitrogen and oxygen atoms in total.